The number of carbonyl (C=O) groups is 2. The van der Waals surface area contributed by atoms with Gasteiger partial charge in [0.25, 0.3) is 11.6 Å². The van der Waals surface area contributed by atoms with Crippen LogP contribution < -0.4 is 11.1 Å². The lowest BCUT2D eigenvalue weighted by Crippen LogP contribution is -2.17. The number of nitro groups is 1. The molecule has 0 aliphatic rings. The van der Waals surface area contributed by atoms with Gasteiger partial charge in [0.05, 0.1) is 4.92 Å². The minimum Gasteiger partial charge on any atom is -0.366 e. The van der Waals surface area contributed by atoms with Gasteiger partial charge in [-0.3, -0.25) is 19.7 Å². The summed E-state index contributed by atoms with van der Waals surface area (Å²) in [5, 5.41) is 13.6. The van der Waals surface area contributed by atoms with Crippen LogP contribution in [0.5, 0.6) is 0 Å². The molecule has 0 aliphatic carbocycles. The second kappa shape index (κ2) is 6.27. The summed E-state index contributed by atoms with van der Waals surface area (Å²) in [6.45, 7) is 3.18. The summed E-state index contributed by atoms with van der Waals surface area (Å²) in [5.41, 5.74) is 6.90. The Bertz CT molecular complexity index is 815. The molecule has 2 aromatic carbocycles. The van der Waals surface area contributed by atoms with Crippen molar-refractivity contribution in [1.29, 1.82) is 0 Å². The highest BCUT2D eigenvalue weighted by molar-refractivity contribution is 6.07. The molecule has 23 heavy (non-hydrogen) atoms. The number of nitrogens with two attached hydrogens (primary N) is 1. The Balaban J connectivity index is 2.38. The molecule has 0 saturated carbocycles. The van der Waals surface area contributed by atoms with E-state index in [0.717, 1.165) is 0 Å². The monoisotopic (exact) mass is 313 g/mol. The van der Waals surface area contributed by atoms with Crippen LogP contribution in [0.2, 0.25) is 0 Å². The first-order valence-corrected chi connectivity index (χ1v) is 6.77. The summed E-state index contributed by atoms with van der Waals surface area (Å²) in [6, 6.07) is 9.09. The lowest BCUT2D eigenvalue weighted by Gasteiger charge is -2.12. The fraction of sp³-hybridized carbons (Fsp3) is 0.125. The van der Waals surface area contributed by atoms with Crippen molar-refractivity contribution < 1.29 is 14.5 Å². The normalized spacial score (nSPS) is 10.2. The highest BCUT2D eigenvalue weighted by Gasteiger charge is 2.19. The molecule has 0 atom stereocenters. The second-order valence-corrected chi connectivity index (χ2v) is 5.00. The first-order chi connectivity index (χ1) is 10.8. The standard InChI is InChI=1S/C16H15N3O4/c1-9-11(15(17)20)5-3-7-13(9)18-16(21)12-6-4-8-14(10(12)2)19(22)23/h3-8H,1-2H3,(H2,17,20)(H,18,21). The first-order valence-electron chi connectivity index (χ1n) is 6.77. The molecular formula is C16H15N3O4. The van der Waals surface area contributed by atoms with Gasteiger partial charge in [0, 0.05) is 28.4 Å². The summed E-state index contributed by atoms with van der Waals surface area (Å²) in [4.78, 5) is 34.1. The average Bonchev–Trinajstić information content (AvgIpc) is 2.48. The Labute approximate surface area is 132 Å². The van der Waals surface area contributed by atoms with Crippen molar-refractivity contribution in [1.82, 2.24) is 0 Å². The van der Waals surface area contributed by atoms with Gasteiger partial charge in [-0.15, -0.1) is 0 Å². The molecule has 7 heteroatoms. The molecule has 2 rings (SSSR count). The van der Waals surface area contributed by atoms with Crippen LogP contribution in [0.3, 0.4) is 0 Å². The van der Waals surface area contributed by atoms with E-state index in [2.05, 4.69) is 5.32 Å². The van der Waals surface area contributed by atoms with Crippen LogP contribution in [0.15, 0.2) is 36.4 Å². The minimum absolute atomic E-state index is 0.125. The second-order valence-electron chi connectivity index (χ2n) is 5.00. The van der Waals surface area contributed by atoms with E-state index in [1.54, 1.807) is 25.1 Å². The topological polar surface area (TPSA) is 115 Å². The third kappa shape index (κ3) is 3.18. The van der Waals surface area contributed by atoms with Gasteiger partial charge >= 0.3 is 0 Å². The van der Waals surface area contributed by atoms with Crippen LogP contribution in [0, 0.1) is 24.0 Å². The maximum absolute atomic E-state index is 12.4. The van der Waals surface area contributed by atoms with Crippen molar-refractivity contribution in [3.8, 4) is 0 Å². The number of nitrogens with one attached hydrogen (secondary N) is 1. The maximum atomic E-state index is 12.4. The number of hydrogen-bond acceptors (Lipinski definition) is 4. The van der Waals surface area contributed by atoms with Gasteiger partial charge in [-0.1, -0.05) is 12.1 Å². The molecule has 0 fully saturated rings. The number of nitro benzene ring substituents is 1. The highest BCUT2D eigenvalue weighted by atomic mass is 16.6. The molecule has 0 saturated heterocycles. The summed E-state index contributed by atoms with van der Waals surface area (Å²) >= 11 is 0. The zero-order chi connectivity index (χ0) is 17.1. The quantitative estimate of drug-likeness (QED) is 0.666. The Hall–Kier alpha value is -3.22. The number of primary amides is 1. The highest BCUT2D eigenvalue weighted by Crippen LogP contribution is 2.24. The van der Waals surface area contributed by atoms with Crippen molar-refractivity contribution in [2.45, 2.75) is 13.8 Å². The van der Waals surface area contributed by atoms with E-state index in [4.69, 9.17) is 5.73 Å². The Morgan fingerprint density at radius 3 is 2.26 bits per heavy atom. The lowest BCUT2D eigenvalue weighted by molar-refractivity contribution is -0.385. The van der Waals surface area contributed by atoms with Crippen LogP contribution in [0.1, 0.15) is 31.8 Å². The van der Waals surface area contributed by atoms with Crippen molar-refractivity contribution in [3.05, 3.63) is 68.8 Å². The fourth-order valence-corrected chi connectivity index (χ4v) is 2.29. The van der Waals surface area contributed by atoms with Crippen molar-refractivity contribution >= 4 is 23.2 Å². The van der Waals surface area contributed by atoms with Gasteiger partial charge in [0.2, 0.25) is 5.91 Å². The van der Waals surface area contributed by atoms with E-state index in [9.17, 15) is 19.7 Å². The SMILES string of the molecule is Cc1c(NC(=O)c2cccc([N+](=O)[O-])c2C)cccc1C(N)=O. The predicted octanol–water partition coefficient (Wildman–Crippen LogP) is 2.56. The molecular weight excluding hydrogens is 298 g/mol. The molecule has 0 spiro atoms. The van der Waals surface area contributed by atoms with Gasteiger partial charge in [-0.25, -0.2) is 0 Å². The summed E-state index contributed by atoms with van der Waals surface area (Å²) in [6.07, 6.45) is 0. The summed E-state index contributed by atoms with van der Waals surface area (Å²) in [5.74, 6) is -1.08. The van der Waals surface area contributed by atoms with E-state index < -0.39 is 16.7 Å². The van der Waals surface area contributed by atoms with Gasteiger partial charge in [0.15, 0.2) is 0 Å². The molecule has 0 unspecified atom stereocenters. The van der Waals surface area contributed by atoms with Crippen LogP contribution in [-0.2, 0) is 0 Å². The number of anilines is 1. The molecule has 2 amide bonds. The van der Waals surface area contributed by atoms with Crippen molar-refractivity contribution in [2.24, 2.45) is 5.73 Å². The molecule has 3 N–H and O–H groups in total. The number of carbonyl (C=O) groups excluding carboxylic acids is 2. The Kier molecular flexibility index (Phi) is 4.40. The number of amides is 2. The average molecular weight is 313 g/mol. The van der Waals surface area contributed by atoms with Crippen molar-refractivity contribution in [2.75, 3.05) is 5.32 Å². The van der Waals surface area contributed by atoms with Gasteiger partial charge in [-0.05, 0) is 37.6 Å². The van der Waals surface area contributed by atoms with E-state index in [-0.39, 0.29) is 16.8 Å². The molecule has 2 aromatic rings. The zero-order valence-corrected chi connectivity index (χ0v) is 12.6. The summed E-state index contributed by atoms with van der Waals surface area (Å²) < 4.78 is 0. The molecule has 118 valence electrons. The van der Waals surface area contributed by atoms with E-state index in [0.29, 0.717) is 16.8 Å². The maximum Gasteiger partial charge on any atom is 0.273 e. The third-order valence-corrected chi connectivity index (χ3v) is 3.59. The Morgan fingerprint density at radius 1 is 1.04 bits per heavy atom. The van der Waals surface area contributed by atoms with E-state index in [1.807, 2.05) is 0 Å². The number of nitrogens with zero attached hydrogens (tertiary/aromatic N) is 1. The molecule has 0 aromatic heterocycles. The van der Waals surface area contributed by atoms with Crippen LogP contribution in [0.25, 0.3) is 0 Å². The van der Waals surface area contributed by atoms with Crippen LogP contribution in [0.4, 0.5) is 11.4 Å². The predicted molar refractivity (Wildman–Crippen MR) is 85.5 cm³/mol. The third-order valence-electron chi connectivity index (χ3n) is 3.59. The zero-order valence-electron chi connectivity index (χ0n) is 12.6. The molecule has 7 nitrogen and oxygen atoms in total. The minimum atomic E-state index is -0.592. The first kappa shape index (κ1) is 16.2. The number of benzene rings is 2. The van der Waals surface area contributed by atoms with Crippen LogP contribution >= 0.6 is 0 Å². The van der Waals surface area contributed by atoms with Crippen LogP contribution in [-0.4, -0.2) is 16.7 Å². The lowest BCUT2D eigenvalue weighted by atomic mass is 10.0. The Morgan fingerprint density at radius 2 is 1.65 bits per heavy atom. The molecule has 0 heterocycles. The summed E-state index contributed by atoms with van der Waals surface area (Å²) in [7, 11) is 0. The van der Waals surface area contributed by atoms with Crippen molar-refractivity contribution in [3.63, 3.8) is 0 Å². The number of hydrogen-bond donors (Lipinski definition) is 2. The van der Waals surface area contributed by atoms with Gasteiger partial charge in [0.1, 0.15) is 0 Å². The van der Waals surface area contributed by atoms with Gasteiger partial charge in [-0.2, -0.15) is 0 Å². The number of rotatable bonds is 4. The smallest absolute Gasteiger partial charge is 0.273 e. The molecule has 0 radical (unpaired) electrons. The largest absolute Gasteiger partial charge is 0.366 e. The fourth-order valence-electron chi connectivity index (χ4n) is 2.29. The van der Waals surface area contributed by atoms with E-state index >= 15 is 0 Å². The van der Waals surface area contributed by atoms with Gasteiger partial charge < -0.3 is 11.1 Å². The molecule has 0 aliphatic heterocycles. The molecule has 0 bridgehead atoms. The van der Waals surface area contributed by atoms with E-state index in [1.165, 1.54) is 25.1 Å².